The highest BCUT2D eigenvalue weighted by Gasteiger charge is 2.41. The van der Waals surface area contributed by atoms with E-state index >= 15 is 0 Å². The third-order valence-corrected chi connectivity index (χ3v) is 5.92. The molecular formula is C19H31N4O6P. The fraction of sp³-hybridized carbons (Fsp3) is 0.737. The maximum absolute atomic E-state index is 12.7. The summed E-state index contributed by atoms with van der Waals surface area (Å²) in [5, 5.41) is 19.2. The van der Waals surface area contributed by atoms with E-state index < -0.39 is 69.7 Å². The van der Waals surface area contributed by atoms with Gasteiger partial charge in [-0.1, -0.05) is 0 Å². The van der Waals surface area contributed by atoms with Crippen LogP contribution in [0.2, 0.25) is 0 Å². The van der Waals surface area contributed by atoms with Crippen LogP contribution >= 0.6 is 8.53 Å². The molecule has 2 rings (SSSR count). The number of ether oxygens (including phenoxy) is 1. The average Bonchev–Trinajstić information content (AvgIpc) is 2.92. The van der Waals surface area contributed by atoms with Gasteiger partial charge in [-0.15, -0.1) is 0 Å². The molecule has 1 saturated heterocycles. The summed E-state index contributed by atoms with van der Waals surface area (Å²) >= 11 is 0. The standard InChI is InChI=1S/C19H31N4O6P/c1-12(2)23(13(3)4)30(27-8-6-7-20)29-15-9-17(28-16(15)11-24)22-10-14(5)18(25)21-19(22)26/h10,12-13,15-17,24H,6,8-9,11H2,1-5H3,(H,21,25,26)/t15-,16+,17+,30?/m0/s1/i5D3,9D2,10D,11D2,15D. The Bertz CT molecular complexity index is 1190. The van der Waals surface area contributed by atoms with Crippen LogP contribution in [0.3, 0.4) is 0 Å². The van der Waals surface area contributed by atoms with Crippen molar-refractivity contribution in [2.24, 2.45) is 0 Å². The lowest BCUT2D eigenvalue weighted by atomic mass is 10.2. The molecule has 10 nitrogen and oxygen atoms in total. The molecule has 168 valence electrons. The molecule has 0 aromatic carbocycles. The van der Waals surface area contributed by atoms with Gasteiger partial charge in [0.25, 0.3) is 14.1 Å². The van der Waals surface area contributed by atoms with E-state index in [1.807, 2.05) is 6.07 Å². The Balaban J connectivity index is 2.78. The monoisotopic (exact) mass is 451 g/mol. The molecule has 30 heavy (non-hydrogen) atoms. The van der Waals surface area contributed by atoms with E-state index in [4.69, 9.17) is 31.4 Å². The largest absolute Gasteiger partial charge is 0.394 e. The number of nitrogens with zero attached hydrogens (tertiary/aromatic N) is 3. The molecule has 1 aromatic heterocycles. The van der Waals surface area contributed by atoms with E-state index in [0.29, 0.717) is 0 Å². The normalized spacial score (nSPS) is 32.2. The highest BCUT2D eigenvalue weighted by Crippen LogP contribution is 2.49. The second kappa shape index (κ2) is 11.1. The zero-order valence-electron chi connectivity index (χ0n) is 26.0. The predicted molar refractivity (Wildman–Crippen MR) is 112 cm³/mol. The van der Waals surface area contributed by atoms with Crippen molar-refractivity contribution in [2.45, 2.75) is 77.8 Å². The highest BCUT2D eigenvalue weighted by atomic mass is 31.2. The Morgan fingerprint density at radius 3 is 2.87 bits per heavy atom. The number of aromatic nitrogens is 2. The predicted octanol–water partition coefficient (Wildman–Crippen LogP) is 1.79. The number of aliphatic hydroxyl groups is 1. The molecule has 2 heterocycles. The van der Waals surface area contributed by atoms with E-state index in [1.54, 1.807) is 37.3 Å². The van der Waals surface area contributed by atoms with Crippen molar-refractivity contribution in [2.75, 3.05) is 13.2 Å². The molecule has 0 aliphatic carbocycles. The Kier molecular flexibility index (Phi) is 5.37. The summed E-state index contributed by atoms with van der Waals surface area (Å²) in [7, 11) is -2.42. The van der Waals surface area contributed by atoms with Gasteiger partial charge in [0.2, 0.25) is 0 Å². The first-order chi connectivity index (χ1) is 17.6. The Labute approximate surface area is 190 Å². The lowest BCUT2D eigenvalue weighted by Crippen LogP contribution is -2.36. The van der Waals surface area contributed by atoms with Crippen LogP contribution in [-0.2, 0) is 13.8 Å². The second-order valence-corrected chi connectivity index (χ2v) is 8.14. The van der Waals surface area contributed by atoms with Gasteiger partial charge in [0, 0.05) is 37.0 Å². The van der Waals surface area contributed by atoms with Gasteiger partial charge in [-0.2, -0.15) is 5.26 Å². The van der Waals surface area contributed by atoms with Crippen molar-refractivity contribution in [3.63, 3.8) is 0 Å². The first kappa shape index (κ1) is 14.5. The molecule has 11 heteroatoms. The van der Waals surface area contributed by atoms with Gasteiger partial charge >= 0.3 is 5.69 Å². The van der Waals surface area contributed by atoms with Gasteiger partial charge in [0.15, 0.2) is 0 Å². The molecule has 0 saturated carbocycles. The van der Waals surface area contributed by atoms with Crippen LogP contribution in [0.5, 0.6) is 0 Å². The van der Waals surface area contributed by atoms with Gasteiger partial charge in [-0.25, -0.2) is 9.46 Å². The summed E-state index contributed by atoms with van der Waals surface area (Å²) in [6, 6.07) is 1.23. The lowest BCUT2D eigenvalue weighted by molar-refractivity contribution is -0.0439. The van der Waals surface area contributed by atoms with Crippen molar-refractivity contribution in [3.8, 4) is 6.07 Å². The highest BCUT2D eigenvalue weighted by molar-refractivity contribution is 7.44. The number of hydrogen-bond acceptors (Lipinski definition) is 8. The summed E-state index contributed by atoms with van der Waals surface area (Å²) in [4.78, 5) is 26.6. The Morgan fingerprint density at radius 1 is 1.60 bits per heavy atom. The third kappa shape index (κ3) is 5.97. The van der Waals surface area contributed by atoms with Crippen LogP contribution in [0, 0.1) is 18.2 Å². The lowest BCUT2D eigenvalue weighted by Gasteiger charge is -2.37. The molecule has 0 radical (unpaired) electrons. The van der Waals surface area contributed by atoms with E-state index in [0.717, 1.165) is 0 Å². The maximum Gasteiger partial charge on any atom is 0.330 e. The number of H-pyrrole nitrogens is 1. The minimum absolute atomic E-state index is 0.0969. The third-order valence-electron chi connectivity index (χ3n) is 3.86. The van der Waals surface area contributed by atoms with Crippen molar-refractivity contribution in [3.05, 3.63) is 32.6 Å². The molecule has 1 aliphatic heterocycles. The molecule has 4 atom stereocenters. The van der Waals surface area contributed by atoms with Gasteiger partial charge in [0.1, 0.15) is 12.3 Å². The van der Waals surface area contributed by atoms with Gasteiger partial charge in [-0.05, 0) is 34.5 Å². The molecular weight excluding hydrogens is 411 g/mol. The fourth-order valence-corrected chi connectivity index (χ4v) is 4.28. The van der Waals surface area contributed by atoms with Crippen molar-refractivity contribution in [1.82, 2.24) is 14.2 Å². The molecule has 1 aliphatic rings. The van der Waals surface area contributed by atoms with E-state index in [2.05, 4.69) is 0 Å². The van der Waals surface area contributed by atoms with Crippen LogP contribution in [0.1, 0.15) is 64.6 Å². The summed E-state index contributed by atoms with van der Waals surface area (Å²) in [5.41, 5.74) is -4.05. The minimum atomic E-state index is -3.46. The summed E-state index contributed by atoms with van der Waals surface area (Å²) in [5.74, 6) is 0. The fourth-order valence-electron chi connectivity index (χ4n) is 2.68. The van der Waals surface area contributed by atoms with Crippen molar-refractivity contribution in [1.29, 1.82) is 5.26 Å². The molecule has 0 spiro atoms. The van der Waals surface area contributed by atoms with Crippen LogP contribution < -0.4 is 11.2 Å². The summed E-state index contributed by atoms with van der Waals surface area (Å²) in [6.07, 6.45) is -12.7. The summed E-state index contributed by atoms with van der Waals surface area (Å²) < 4.78 is 91.6. The molecule has 0 amide bonds. The number of nitrogens with one attached hydrogen (secondary N) is 1. The first-order valence-corrected chi connectivity index (χ1v) is 10.3. The van der Waals surface area contributed by atoms with Crippen LogP contribution in [0.4, 0.5) is 0 Å². The molecule has 2 N–H and O–H groups in total. The Morgan fingerprint density at radius 2 is 2.30 bits per heavy atom. The van der Waals surface area contributed by atoms with Crippen LogP contribution in [-0.4, -0.2) is 56.8 Å². The Hall–Kier alpha value is -1.60. The minimum Gasteiger partial charge on any atom is -0.394 e. The van der Waals surface area contributed by atoms with Crippen molar-refractivity contribution >= 4 is 8.53 Å². The first-order valence-electron chi connectivity index (χ1n) is 13.6. The SMILES string of the molecule is [2H]c1c(C([2H])([2H])[2H])c(=O)[nH]c(=O)n1[C@@H]1O[C@H](C([2H])([2H])O)[C@@]([2H])(OP(OCCC#N)N(C(C)C)C(C)C)C1([2H])[2H]. The van der Waals surface area contributed by atoms with Gasteiger partial charge < -0.3 is 18.9 Å². The molecule has 1 aromatic rings. The molecule has 1 unspecified atom stereocenters. The molecule has 1 fully saturated rings. The van der Waals surface area contributed by atoms with Crippen molar-refractivity contribution < 1.29 is 31.2 Å². The smallest absolute Gasteiger partial charge is 0.330 e. The maximum atomic E-state index is 12.7. The molecule has 0 bridgehead atoms. The van der Waals surface area contributed by atoms with E-state index in [9.17, 15) is 14.7 Å². The van der Waals surface area contributed by atoms with E-state index in [1.165, 1.54) is 0 Å². The van der Waals surface area contributed by atoms with Gasteiger partial charge in [0.05, 0.1) is 37.2 Å². The van der Waals surface area contributed by atoms with Crippen LogP contribution in [0.25, 0.3) is 0 Å². The average molecular weight is 452 g/mol. The number of aromatic amines is 1. The zero-order chi connectivity index (χ0) is 30.3. The zero-order valence-corrected chi connectivity index (χ0v) is 17.9. The second-order valence-electron chi connectivity index (χ2n) is 6.76. The number of nitriles is 1. The van der Waals surface area contributed by atoms with Crippen LogP contribution in [0.15, 0.2) is 15.8 Å². The topological polar surface area (TPSA) is 130 Å². The summed E-state index contributed by atoms with van der Waals surface area (Å²) in [6.45, 7) is 0.125. The number of hydrogen-bond donors (Lipinski definition) is 2. The quantitative estimate of drug-likeness (QED) is 0.407. The van der Waals surface area contributed by atoms with E-state index in [-0.39, 0.29) is 29.7 Å². The number of rotatable bonds is 10. The van der Waals surface area contributed by atoms with Gasteiger partial charge in [-0.3, -0.25) is 14.3 Å².